The molecule has 6 nitrogen and oxygen atoms in total. The van der Waals surface area contributed by atoms with Gasteiger partial charge in [0.1, 0.15) is 5.75 Å². The van der Waals surface area contributed by atoms with Gasteiger partial charge in [-0.3, -0.25) is 4.98 Å². The molecule has 7 heteroatoms. The van der Waals surface area contributed by atoms with Crippen LogP contribution in [0.5, 0.6) is 5.75 Å². The Morgan fingerprint density at radius 1 is 1.30 bits per heavy atom. The summed E-state index contributed by atoms with van der Waals surface area (Å²) in [5.41, 5.74) is 1.50. The van der Waals surface area contributed by atoms with Gasteiger partial charge in [-0.15, -0.1) is 0 Å². The van der Waals surface area contributed by atoms with Crippen LogP contribution in [0.25, 0.3) is 0 Å². The summed E-state index contributed by atoms with van der Waals surface area (Å²) >= 11 is 0. The number of ether oxygens (including phenoxy) is 1. The second-order valence-electron chi connectivity index (χ2n) is 6.84. The third kappa shape index (κ3) is 4.30. The number of piperazine rings is 1. The average Bonchev–Trinajstić information content (AvgIpc) is 2.68. The number of halogens is 1. The van der Waals surface area contributed by atoms with Crippen LogP contribution in [-0.2, 0) is 6.54 Å². The molecule has 0 aliphatic carbocycles. The van der Waals surface area contributed by atoms with Gasteiger partial charge in [-0.2, -0.15) is 0 Å². The van der Waals surface area contributed by atoms with E-state index in [1.165, 1.54) is 6.20 Å². The average molecular weight is 372 g/mol. The second-order valence-corrected chi connectivity index (χ2v) is 6.84. The molecule has 1 N–H and O–H groups in total. The second kappa shape index (κ2) is 8.24. The van der Waals surface area contributed by atoms with E-state index in [4.69, 9.17) is 4.74 Å². The molecule has 144 valence electrons. The summed E-state index contributed by atoms with van der Waals surface area (Å²) in [7, 11) is 1.62. The van der Waals surface area contributed by atoms with Crippen LogP contribution in [-0.4, -0.2) is 48.2 Å². The third-order valence-electron chi connectivity index (χ3n) is 4.89. The molecule has 1 saturated heterocycles. The number of methoxy groups -OCH3 is 1. The van der Waals surface area contributed by atoms with Crippen molar-refractivity contribution in [2.75, 3.05) is 25.1 Å². The highest BCUT2D eigenvalue weighted by Crippen LogP contribution is 2.25. The molecule has 0 bridgehead atoms. The zero-order valence-electron chi connectivity index (χ0n) is 15.9. The van der Waals surface area contributed by atoms with E-state index in [1.807, 2.05) is 43.0 Å². The van der Waals surface area contributed by atoms with E-state index in [1.54, 1.807) is 24.3 Å². The molecule has 3 rings (SSSR count). The van der Waals surface area contributed by atoms with E-state index in [0.29, 0.717) is 25.3 Å². The predicted octanol–water partition coefficient (Wildman–Crippen LogP) is 3.04. The zero-order chi connectivity index (χ0) is 19.4. The molecule has 2 atom stereocenters. The summed E-state index contributed by atoms with van der Waals surface area (Å²) in [4.78, 5) is 20.3. The first-order chi connectivity index (χ1) is 13.0. The van der Waals surface area contributed by atoms with E-state index in [9.17, 15) is 9.18 Å². The van der Waals surface area contributed by atoms with Gasteiger partial charge < -0.3 is 19.9 Å². The fraction of sp³-hybridized carbons (Fsp3) is 0.400. The van der Waals surface area contributed by atoms with E-state index in [2.05, 4.69) is 10.3 Å². The summed E-state index contributed by atoms with van der Waals surface area (Å²) in [6.45, 7) is 5.48. The van der Waals surface area contributed by atoms with Gasteiger partial charge in [0.15, 0.2) is 5.82 Å². The van der Waals surface area contributed by atoms with Crippen LogP contribution < -0.4 is 15.0 Å². The van der Waals surface area contributed by atoms with Crippen molar-refractivity contribution in [2.24, 2.45) is 0 Å². The van der Waals surface area contributed by atoms with E-state index in [0.717, 1.165) is 11.3 Å². The zero-order valence-corrected chi connectivity index (χ0v) is 15.9. The van der Waals surface area contributed by atoms with Crippen molar-refractivity contribution < 1.29 is 13.9 Å². The lowest BCUT2D eigenvalue weighted by atomic mass is 10.1. The third-order valence-corrected chi connectivity index (χ3v) is 4.89. The highest BCUT2D eigenvalue weighted by molar-refractivity contribution is 5.75. The van der Waals surface area contributed by atoms with Crippen molar-refractivity contribution >= 4 is 11.7 Å². The Bertz CT molecular complexity index is 801. The van der Waals surface area contributed by atoms with Crippen LogP contribution in [0, 0.1) is 5.82 Å². The number of carbonyl (C=O) groups excluding carboxylic acids is 1. The molecule has 1 aromatic heterocycles. The standard InChI is InChI=1S/C20H25FN4O2/c1-14-13-25(15(2)12-24(14)19-7-8-22-11-18(19)21)20(26)23-10-16-5-4-6-17(9-16)27-3/h4-9,11,14-15H,10,12-13H2,1-3H3,(H,23,26)/t14-,15-/m1/s1. The Labute approximate surface area is 158 Å². The Morgan fingerprint density at radius 3 is 2.85 bits per heavy atom. The number of aromatic nitrogens is 1. The Balaban J connectivity index is 1.62. The molecule has 0 radical (unpaired) electrons. The smallest absolute Gasteiger partial charge is 0.318 e. The molecule has 2 aromatic rings. The van der Waals surface area contributed by atoms with Crippen LogP contribution >= 0.6 is 0 Å². The van der Waals surface area contributed by atoms with Gasteiger partial charge in [0.25, 0.3) is 0 Å². The molecular weight excluding hydrogens is 347 g/mol. The van der Waals surface area contributed by atoms with Crippen LogP contribution in [0.1, 0.15) is 19.4 Å². The maximum Gasteiger partial charge on any atom is 0.318 e. The highest BCUT2D eigenvalue weighted by Gasteiger charge is 2.33. The molecule has 1 aromatic carbocycles. The largest absolute Gasteiger partial charge is 0.497 e. The normalized spacial score (nSPS) is 19.7. The Kier molecular flexibility index (Phi) is 5.78. The van der Waals surface area contributed by atoms with Gasteiger partial charge in [0, 0.05) is 37.9 Å². The van der Waals surface area contributed by atoms with Crippen LogP contribution in [0.4, 0.5) is 14.9 Å². The fourth-order valence-corrected chi connectivity index (χ4v) is 3.41. The number of carbonyl (C=O) groups is 1. The maximum atomic E-state index is 14.1. The molecule has 0 unspecified atom stereocenters. The summed E-state index contributed by atoms with van der Waals surface area (Å²) < 4.78 is 19.3. The first-order valence-corrected chi connectivity index (χ1v) is 9.03. The SMILES string of the molecule is COc1cccc(CNC(=O)N2C[C@@H](C)N(c3ccncc3F)C[C@H]2C)c1. The minimum atomic E-state index is -0.340. The van der Waals surface area contributed by atoms with Crippen molar-refractivity contribution in [1.82, 2.24) is 15.2 Å². The van der Waals surface area contributed by atoms with E-state index < -0.39 is 0 Å². The number of hydrogen-bond donors (Lipinski definition) is 1. The highest BCUT2D eigenvalue weighted by atomic mass is 19.1. The summed E-state index contributed by atoms with van der Waals surface area (Å²) in [6, 6.07) is 9.12. The first-order valence-electron chi connectivity index (χ1n) is 9.03. The quantitative estimate of drug-likeness (QED) is 0.896. The fourth-order valence-electron chi connectivity index (χ4n) is 3.41. The lowest BCUT2D eigenvalue weighted by molar-refractivity contribution is 0.160. The molecule has 0 spiro atoms. The minimum Gasteiger partial charge on any atom is -0.497 e. The number of rotatable bonds is 4. The number of anilines is 1. The summed E-state index contributed by atoms with van der Waals surface area (Å²) in [6.07, 6.45) is 2.81. The van der Waals surface area contributed by atoms with Crippen LogP contribution in [0.2, 0.25) is 0 Å². The number of nitrogens with zero attached hydrogens (tertiary/aromatic N) is 3. The molecule has 0 saturated carbocycles. The number of benzene rings is 1. The molecular formula is C20H25FN4O2. The van der Waals surface area contributed by atoms with Gasteiger partial charge in [-0.1, -0.05) is 12.1 Å². The summed E-state index contributed by atoms with van der Waals surface area (Å²) in [5, 5.41) is 2.97. The number of amides is 2. The minimum absolute atomic E-state index is 0.000620. The molecule has 1 fully saturated rings. The van der Waals surface area contributed by atoms with Gasteiger partial charge in [0.2, 0.25) is 0 Å². The molecule has 2 heterocycles. The number of nitrogens with one attached hydrogen (secondary N) is 1. The predicted molar refractivity (Wildman–Crippen MR) is 102 cm³/mol. The summed E-state index contributed by atoms with van der Waals surface area (Å²) in [5.74, 6) is 0.421. The monoisotopic (exact) mass is 372 g/mol. The van der Waals surface area contributed by atoms with Gasteiger partial charge in [0.05, 0.1) is 19.0 Å². The molecule has 2 amide bonds. The lowest BCUT2D eigenvalue weighted by Gasteiger charge is -2.45. The molecule has 1 aliphatic heterocycles. The Morgan fingerprint density at radius 2 is 2.11 bits per heavy atom. The van der Waals surface area contributed by atoms with Crippen molar-refractivity contribution in [3.8, 4) is 5.75 Å². The number of urea groups is 1. The molecule has 27 heavy (non-hydrogen) atoms. The van der Waals surface area contributed by atoms with Crippen molar-refractivity contribution in [2.45, 2.75) is 32.5 Å². The van der Waals surface area contributed by atoms with Gasteiger partial charge in [-0.05, 0) is 37.6 Å². The molecule has 1 aliphatic rings. The lowest BCUT2D eigenvalue weighted by Crippen LogP contribution is -2.60. The number of hydrogen-bond acceptors (Lipinski definition) is 4. The van der Waals surface area contributed by atoms with Crippen molar-refractivity contribution in [3.63, 3.8) is 0 Å². The van der Waals surface area contributed by atoms with Crippen molar-refractivity contribution in [1.29, 1.82) is 0 Å². The number of pyridine rings is 1. The first kappa shape index (κ1) is 18.9. The van der Waals surface area contributed by atoms with E-state index >= 15 is 0 Å². The van der Waals surface area contributed by atoms with Crippen LogP contribution in [0.3, 0.4) is 0 Å². The van der Waals surface area contributed by atoms with Crippen LogP contribution in [0.15, 0.2) is 42.7 Å². The van der Waals surface area contributed by atoms with Gasteiger partial charge in [-0.25, -0.2) is 9.18 Å². The van der Waals surface area contributed by atoms with Crippen molar-refractivity contribution in [3.05, 3.63) is 54.1 Å². The Hall–Kier alpha value is -2.83. The maximum absolute atomic E-state index is 14.1. The van der Waals surface area contributed by atoms with Gasteiger partial charge >= 0.3 is 6.03 Å². The van der Waals surface area contributed by atoms with E-state index in [-0.39, 0.29) is 23.9 Å². The topological polar surface area (TPSA) is 57.7 Å².